The Kier molecular flexibility index (Phi) is 2.94. The quantitative estimate of drug-likeness (QED) is 0.856. The molecule has 0 aliphatic heterocycles. The first-order valence-electron chi connectivity index (χ1n) is 4.51. The van der Waals surface area contributed by atoms with Crippen molar-refractivity contribution in [2.24, 2.45) is 5.73 Å². The average molecular weight is 221 g/mol. The molecule has 0 fully saturated rings. The molecule has 78 valence electrons. The van der Waals surface area contributed by atoms with Crippen LogP contribution in [0, 0.1) is 0 Å². The molecule has 0 bridgehead atoms. The van der Waals surface area contributed by atoms with Crippen molar-refractivity contribution in [1.82, 2.24) is 10.2 Å². The topological polar surface area (TPSA) is 61.0 Å². The molecule has 1 aromatic carbocycles. The highest BCUT2D eigenvalue weighted by atomic mass is 32.1. The Bertz CT molecular complexity index is 455. The Hall–Kier alpha value is -1.46. The monoisotopic (exact) mass is 221 g/mol. The van der Waals surface area contributed by atoms with E-state index in [0.29, 0.717) is 6.54 Å². The second-order valence-electron chi connectivity index (χ2n) is 2.91. The number of methoxy groups -OCH3 is 1. The lowest BCUT2D eigenvalue weighted by Gasteiger charge is -2.03. The number of rotatable bonds is 3. The number of ether oxygens (including phenoxy) is 1. The maximum atomic E-state index is 5.49. The van der Waals surface area contributed by atoms with E-state index in [1.807, 2.05) is 24.3 Å². The van der Waals surface area contributed by atoms with E-state index >= 15 is 0 Å². The highest BCUT2D eigenvalue weighted by Gasteiger charge is 2.09. The van der Waals surface area contributed by atoms with Crippen LogP contribution in [0.15, 0.2) is 24.3 Å². The molecule has 15 heavy (non-hydrogen) atoms. The summed E-state index contributed by atoms with van der Waals surface area (Å²) in [7, 11) is 1.64. The van der Waals surface area contributed by atoms with E-state index in [-0.39, 0.29) is 0 Å². The van der Waals surface area contributed by atoms with Gasteiger partial charge in [-0.05, 0) is 12.1 Å². The third kappa shape index (κ3) is 1.98. The third-order valence-electron chi connectivity index (χ3n) is 1.98. The summed E-state index contributed by atoms with van der Waals surface area (Å²) in [6, 6.07) is 7.73. The Morgan fingerprint density at radius 1 is 1.33 bits per heavy atom. The molecule has 0 amide bonds. The van der Waals surface area contributed by atoms with Crippen LogP contribution in [0.5, 0.6) is 5.75 Å². The van der Waals surface area contributed by atoms with E-state index in [0.717, 1.165) is 21.3 Å². The fourth-order valence-electron chi connectivity index (χ4n) is 1.27. The molecule has 0 spiro atoms. The number of aromatic nitrogens is 2. The van der Waals surface area contributed by atoms with Crippen molar-refractivity contribution < 1.29 is 4.74 Å². The minimum atomic E-state index is 0.423. The summed E-state index contributed by atoms with van der Waals surface area (Å²) in [5, 5.41) is 9.72. The van der Waals surface area contributed by atoms with Crippen LogP contribution in [-0.2, 0) is 6.54 Å². The standard InChI is InChI=1S/C10H11N3OS/c1-14-8-5-3-2-4-7(8)10-13-12-9(6-11)15-10/h2-5H,6,11H2,1H3. The average Bonchev–Trinajstić information content (AvgIpc) is 2.77. The van der Waals surface area contributed by atoms with Crippen molar-refractivity contribution >= 4 is 11.3 Å². The summed E-state index contributed by atoms with van der Waals surface area (Å²) in [6.07, 6.45) is 0. The molecule has 0 atom stereocenters. The Labute approximate surface area is 91.7 Å². The van der Waals surface area contributed by atoms with Crippen molar-refractivity contribution in [3.05, 3.63) is 29.3 Å². The number of nitrogens with zero attached hydrogens (tertiary/aromatic N) is 2. The van der Waals surface area contributed by atoms with Crippen molar-refractivity contribution in [3.63, 3.8) is 0 Å². The number of hydrogen-bond donors (Lipinski definition) is 1. The first-order valence-corrected chi connectivity index (χ1v) is 5.32. The van der Waals surface area contributed by atoms with Gasteiger partial charge in [0, 0.05) is 6.54 Å². The van der Waals surface area contributed by atoms with Crippen molar-refractivity contribution in [1.29, 1.82) is 0 Å². The summed E-state index contributed by atoms with van der Waals surface area (Å²) in [4.78, 5) is 0. The van der Waals surface area contributed by atoms with Crippen LogP contribution in [0.1, 0.15) is 5.01 Å². The van der Waals surface area contributed by atoms with Crippen molar-refractivity contribution in [3.8, 4) is 16.3 Å². The summed E-state index contributed by atoms with van der Waals surface area (Å²) < 4.78 is 5.25. The molecule has 0 saturated heterocycles. The molecular weight excluding hydrogens is 210 g/mol. The minimum Gasteiger partial charge on any atom is -0.496 e. The largest absolute Gasteiger partial charge is 0.496 e. The van der Waals surface area contributed by atoms with Crippen LogP contribution in [-0.4, -0.2) is 17.3 Å². The summed E-state index contributed by atoms with van der Waals surface area (Å²) in [5.74, 6) is 0.803. The predicted molar refractivity (Wildman–Crippen MR) is 59.8 cm³/mol. The molecule has 0 aliphatic carbocycles. The van der Waals surface area contributed by atoms with Gasteiger partial charge in [0.2, 0.25) is 0 Å². The zero-order chi connectivity index (χ0) is 10.7. The normalized spacial score (nSPS) is 10.3. The minimum absolute atomic E-state index is 0.423. The molecule has 0 unspecified atom stereocenters. The molecule has 1 aromatic heterocycles. The highest BCUT2D eigenvalue weighted by molar-refractivity contribution is 7.14. The summed E-state index contributed by atoms with van der Waals surface area (Å²) in [5.41, 5.74) is 6.44. The van der Waals surface area contributed by atoms with Crippen LogP contribution in [0.25, 0.3) is 10.6 Å². The van der Waals surface area contributed by atoms with Gasteiger partial charge in [0.1, 0.15) is 10.8 Å². The Morgan fingerprint density at radius 2 is 2.13 bits per heavy atom. The molecule has 0 saturated carbocycles. The van der Waals surface area contributed by atoms with Gasteiger partial charge in [0.05, 0.1) is 12.7 Å². The van der Waals surface area contributed by atoms with E-state index in [9.17, 15) is 0 Å². The van der Waals surface area contributed by atoms with Gasteiger partial charge in [-0.1, -0.05) is 23.5 Å². The highest BCUT2D eigenvalue weighted by Crippen LogP contribution is 2.31. The van der Waals surface area contributed by atoms with Gasteiger partial charge in [-0.3, -0.25) is 0 Å². The molecule has 2 N–H and O–H groups in total. The zero-order valence-corrected chi connectivity index (χ0v) is 9.12. The van der Waals surface area contributed by atoms with Crippen LogP contribution < -0.4 is 10.5 Å². The van der Waals surface area contributed by atoms with E-state index < -0.39 is 0 Å². The Balaban J connectivity index is 2.44. The lowest BCUT2D eigenvalue weighted by Crippen LogP contribution is -1.94. The fraction of sp³-hybridized carbons (Fsp3) is 0.200. The second kappa shape index (κ2) is 4.37. The third-order valence-corrected chi connectivity index (χ3v) is 2.96. The SMILES string of the molecule is COc1ccccc1-c1nnc(CN)s1. The Morgan fingerprint density at radius 3 is 2.80 bits per heavy atom. The van der Waals surface area contributed by atoms with Crippen molar-refractivity contribution in [2.45, 2.75) is 6.54 Å². The molecule has 2 rings (SSSR count). The first kappa shape index (κ1) is 10.1. The smallest absolute Gasteiger partial charge is 0.151 e. The second-order valence-corrected chi connectivity index (χ2v) is 3.97. The number of para-hydroxylation sites is 1. The maximum absolute atomic E-state index is 5.49. The van der Waals surface area contributed by atoms with Crippen molar-refractivity contribution in [2.75, 3.05) is 7.11 Å². The van der Waals surface area contributed by atoms with Crippen LogP contribution >= 0.6 is 11.3 Å². The molecule has 2 aromatic rings. The van der Waals surface area contributed by atoms with Gasteiger partial charge < -0.3 is 10.5 Å². The van der Waals surface area contributed by atoms with Gasteiger partial charge in [0.25, 0.3) is 0 Å². The zero-order valence-electron chi connectivity index (χ0n) is 8.30. The number of hydrogen-bond acceptors (Lipinski definition) is 5. The van der Waals surface area contributed by atoms with Gasteiger partial charge in [-0.25, -0.2) is 0 Å². The van der Waals surface area contributed by atoms with E-state index in [1.54, 1.807) is 7.11 Å². The lowest BCUT2D eigenvalue weighted by molar-refractivity contribution is 0.416. The van der Waals surface area contributed by atoms with Gasteiger partial charge in [-0.15, -0.1) is 10.2 Å². The van der Waals surface area contributed by atoms with Gasteiger partial charge >= 0.3 is 0 Å². The predicted octanol–water partition coefficient (Wildman–Crippen LogP) is 1.67. The fourth-order valence-corrected chi connectivity index (χ4v) is 2.01. The molecule has 4 nitrogen and oxygen atoms in total. The van der Waals surface area contributed by atoms with E-state index in [4.69, 9.17) is 10.5 Å². The molecule has 0 radical (unpaired) electrons. The number of nitrogens with two attached hydrogens (primary N) is 1. The molecule has 5 heteroatoms. The maximum Gasteiger partial charge on any atom is 0.151 e. The molecule has 1 heterocycles. The molecule has 0 aliphatic rings. The van der Waals surface area contributed by atoms with Crippen LogP contribution in [0.3, 0.4) is 0 Å². The number of benzene rings is 1. The first-order chi connectivity index (χ1) is 7.35. The van der Waals surface area contributed by atoms with Gasteiger partial charge in [-0.2, -0.15) is 0 Å². The van der Waals surface area contributed by atoms with E-state index in [2.05, 4.69) is 10.2 Å². The lowest BCUT2D eigenvalue weighted by atomic mass is 10.2. The summed E-state index contributed by atoms with van der Waals surface area (Å²) in [6.45, 7) is 0.423. The van der Waals surface area contributed by atoms with Gasteiger partial charge in [0.15, 0.2) is 5.01 Å². The van der Waals surface area contributed by atoms with Crippen LogP contribution in [0.4, 0.5) is 0 Å². The molecular formula is C10H11N3OS. The van der Waals surface area contributed by atoms with Crippen LogP contribution in [0.2, 0.25) is 0 Å². The van der Waals surface area contributed by atoms with E-state index in [1.165, 1.54) is 11.3 Å². The summed E-state index contributed by atoms with van der Waals surface area (Å²) >= 11 is 1.49.